The molecule has 0 spiro atoms. The molecule has 1 aromatic heterocycles. The van der Waals surface area contributed by atoms with Crippen molar-refractivity contribution in [1.82, 2.24) is 4.98 Å². The van der Waals surface area contributed by atoms with Crippen molar-refractivity contribution in [2.75, 3.05) is 29.0 Å². The van der Waals surface area contributed by atoms with Gasteiger partial charge >= 0.3 is 0 Å². The van der Waals surface area contributed by atoms with Gasteiger partial charge in [0.25, 0.3) is 0 Å². The van der Waals surface area contributed by atoms with Crippen LogP contribution in [-0.2, 0) is 16.0 Å². The topological polar surface area (TPSA) is 88.3 Å². The summed E-state index contributed by atoms with van der Waals surface area (Å²) in [5, 5.41) is 3.07. The number of aromatic nitrogens is 1. The molecule has 3 N–H and O–H groups in total. The Hall–Kier alpha value is -2.89. The zero-order valence-corrected chi connectivity index (χ0v) is 15.2. The highest BCUT2D eigenvalue weighted by atomic mass is 16.2. The van der Waals surface area contributed by atoms with Crippen LogP contribution in [0.25, 0.3) is 0 Å². The number of Topliss-reactive ketones (excluding diaryl/α,β-unsaturated/α-hetero) is 1. The Bertz CT molecular complexity index is 863. The van der Waals surface area contributed by atoms with E-state index in [1.165, 1.54) is 12.8 Å². The molecule has 27 heavy (non-hydrogen) atoms. The predicted octanol–water partition coefficient (Wildman–Crippen LogP) is 2.65. The molecule has 1 atom stereocenters. The molecule has 2 heterocycles. The lowest BCUT2D eigenvalue weighted by atomic mass is 10.0. The van der Waals surface area contributed by atoms with Gasteiger partial charge in [-0.15, -0.1) is 0 Å². The normalized spacial score (nSPS) is 19.3. The molecule has 6 heteroatoms. The third-order valence-corrected chi connectivity index (χ3v) is 5.31. The van der Waals surface area contributed by atoms with Crippen molar-refractivity contribution in [3.05, 3.63) is 48.2 Å². The SMILES string of the molecule is Nc1cccc(CC(=O)CNc2cc(N3CCC(C4CC4)C3=O)ccn2)c1. The number of hydrogen-bond donors (Lipinski definition) is 2. The number of ketones is 1. The van der Waals surface area contributed by atoms with E-state index in [2.05, 4.69) is 10.3 Å². The van der Waals surface area contributed by atoms with Gasteiger partial charge in [-0.3, -0.25) is 9.59 Å². The summed E-state index contributed by atoms with van der Waals surface area (Å²) in [7, 11) is 0. The highest BCUT2D eigenvalue weighted by molar-refractivity contribution is 5.97. The Morgan fingerprint density at radius 1 is 1.22 bits per heavy atom. The van der Waals surface area contributed by atoms with Crippen molar-refractivity contribution in [2.24, 2.45) is 11.8 Å². The molecule has 2 aliphatic rings. The van der Waals surface area contributed by atoms with Crippen LogP contribution in [0, 0.1) is 11.8 Å². The molecule has 1 aromatic carbocycles. The molecule has 6 nitrogen and oxygen atoms in total. The van der Waals surface area contributed by atoms with E-state index in [1.54, 1.807) is 12.3 Å². The second-order valence-electron chi connectivity index (χ2n) is 7.44. The number of pyridine rings is 1. The van der Waals surface area contributed by atoms with Crippen molar-refractivity contribution in [2.45, 2.75) is 25.7 Å². The van der Waals surface area contributed by atoms with Gasteiger partial charge in [-0.25, -0.2) is 4.98 Å². The standard InChI is InChI=1S/C21H24N4O2/c22-16-3-1-2-14(10-16)11-18(26)13-24-20-12-17(6-8-23-20)25-9-7-19(21(25)27)15-4-5-15/h1-3,6,8,10,12,15,19H,4-5,7,9,11,13,22H2,(H,23,24). The second-order valence-corrected chi connectivity index (χ2v) is 7.44. The van der Waals surface area contributed by atoms with Gasteiger partial charge in [0, 0.05) is 42.5 Å². The molecule has 1 amide bonds. The molecule has 0 radical (unpaired) electrons. The average molecular weight is 364 g/mol. The molecule has 2 aromatic rings. The van der Waals surface area contributed by atoms with Gasteiger partial charge in [0.2, 0.25) is 5.91 Å². The van der Waals surface area contributed by atoms with Gasteiger partial charge in [0.05, 0.1) is 6.54 Å². The summed E-state index contributed by atoms with van der Waals surface area (Å²) in [4.78, 5) is 31.0. The Morgan fingerprint density at radius 3 is 2.85 bits per heavy atom. The van der Waals surface area contributed by atoms with E-state index >= 15 is 0 Å². The fourth-order valence-corrected chi connectivity index (χ4v) is 3.76. The van der Waals surface area contributed by atoms with Crippen LogP contribution in [0.15, 0.2) is 42.6 Å². The van der Waals surface area contributed by atoms with Crippen molar-refractivity contribution in [3.63, 3.8) is 0 Å². The van der Waals surface area contributed by atoms with E-state index in [1.807, 2.05) is 35.2 Å². The molecule has 0 bridgehead atoms. The number of amides is 1. The van der Waals surface area contributed by atoms with Crippen LogP contribution in [-0.4, -0.2) is 29.8 Å². The van der Waals surface area contributed by atoms with Gasteiger partial charge < -0.3 is 16.0 Å². The van der Waals surface area contributed by atoms with Gasteiger partial charge in [-0.1, -0.05) is 12.1 Å². The summed E-state index contributed by atoms with van der Waals surface area (Å²) >= 11 is 0. The molecule has 1 saturated heterocycles. The maximum absolute atomic E-state index is 12.6. The largest absolute Gasteiger partial charge is 0.399 e. The number of nitrogen functional groups attached to an aromatic ring is 1. The van der Waals surface area contributed by atoms with Crippen LogP contribution in [0.4, 0.5) is 17.2 Å². The van der Waals surface area contributed by atoms with Crippen molar-refractivity contribution >= 4 is 28.9 Å². The van der Waals surface area contributed by atoms with E-state index in [-0.39, 0.29) is 24.2 Å². The van der Waals surface area contributed by atoms with E-state index < -0.39 is 0 Å². The minimum absolute atomic E-state index is 0.0545. The number of carbonyl (C=O) groups is 2. The molecule has 1 aliphatic carbocycles. The number of anilines is 3. The fraction of sp³-hybridized carbons (Fsp3) is 0.381. The number of hydrogen-bond acceptors (Lipinski definition) is 5. The highest BCUT2D eigenvalue weighted by Crippen LogP contribution is 2.43. The fourth-order valence-electron chi connectivity index (χ4n) is 3.76. The van der Waals surface area contributed by atoms with E-state index in [0.717, 1.165) is 24.2 Å². The second kappa shape index (κ2) is 7.39. The average Bonchev–Trinajstić information content (AvgIpc) is 3.42. The third kappa shape index (κ3) is 4.10. The molecule has 1 unspecified atom stereocenters. The third-order valence-electron chi connectivity index (χ3n) is 5.31. The number of rotatable bonds is 7. The first-order valence-corrected chi connectivity index (χ1v) is 9.47. The number of nitrogens with two attached hydrogens (primary N) is 1. The Morgan fingerprint density at radius 2 is 2.07 bits per heavy atom. The molecule has 1 aliphatic heterocycles. The molecular weight excluding hydrogens is 340 g/mol. The van der Waals surface area contributed by atoms with E-state index in [4.69, 9.17) is 5.73 Å². The van der Waals surface area contributed by atoms with Crippen LogP contribution in [0.3, 0.4) is 0 Å². The first-order valence-electron chi connectivity index (χ1n) is 9.47. The van der Waals surface area contributed by atoms with Crippen LogP contribution in [0.5, 0.6) is 0 Å². The Kier molecular flexibility index (Phi) is 4.79. The Balaban J connectivity index is 1.35. The summed E-state index contributed by atoms with van der Waals surface area (Å²) in [5.74, 6) is 1.67. The van der Waals surface area contributed by atoms with Crippen LogP contribution in [0.1, 0.15) is 24.8 Å². The minimum atomic E-state index is 0.0545. The van der Waals surface area contributed by atoms with Crippen LogP contribution >= 0.6 is 0 Å². The lowest BCUT2D eigenvalue weighted by Gasteiger charge is -2.17. The predicted molar refractivity (Wildman–Crippen MR) is 105 cm³/mol. The molecule has 2 fully saturated rings. The first-order chi connectivity index (χ1) is 13.1. The lowest BCUT2D eigenvalue weighted by molar-refractivity contribution is -0.121. The summed E-state index contributed by atoms with van der Waals surface area (Å²) in [6.45, 7) is 0.946. The van der Waals surface area contributed by atoms with Gasteiger partial charge in [-0.05, 0) is 48.9 Å². The maximum Gasteiger partial charge on any atom is 0.230 e. The van der Waals surface area contributed by atoms with Gasteiger partial charge in [-0.2, -0.15) is 0 Å². The van der Waals surface area contributed by atoms with Crippen LogP contribution < -0.4 is 16.0 Å². The Labute approximate surface area is 158 Å². The maximum atomic E-state index is 12.6. The number of benzene rings is 1. The van der Waals surface area contributed by atoms with Crippen molar-refractivity contribution in [1.29, 1.82) is 0 Å². The number of nitrogens with one attached hydrogen (secondary N) is 1. The summed E-state index contributed by atoms with van der Waals surface area (Å²) in [5.41, 5.74) is 8.16. The first kappa shape index (κ1) is 17.5. The number of carbonyl (C=O) groups excluding carboxylic acids is 2. The molecule has 1 saturated carbocycles. The van der Waals surface area contributed by atoms with Gasteiger partial charge in [0.15, 0.2) is 5.78 Å². The summed E-state index contributed by atoms with van der Waals surface area (Å²) in [6, 6.07) is 11.1. The monoisotopic (exact) mass is 364 g/mol. The zero-order chi connectivity index (χ0) is 18.8. The summed E-state index contributed by atoms with van der Waals surface area (Å²) in [6.07, 6.45) is 5.31. The molecule has 4 rings (SSSR count). The lowest BCUT2D eigenvalue weighted by Crippen LogP contribution is -2.27. The number of nitrogens with zero attached hydrogens (tertiary/aromatic N) is 2. The van der Waals surface area contributed by atoms with Crippen LogP contribution in [0.2, 0.25) is 0 Å². The van der Waals surface area contributed by atoms with Crippen molar-refractivity contribution < 1.29 is 9.59 Å². The smallest absolute Gasteiger partial charge is 0.230 e. The minimum Gasteiger partial charge on any atom is -0.399 e. The molecule has 140 valence electrons. The van der Waals surface area contributed by atoms with E-state index in [0.29, 0.717) is 23.8 Å². The molecular formula is C21H24N4O2. The van der Waals surface area contributed by atoms with Crippen molar-refractivity contribution in [3.8, 4) is 0 Å². The highest BCUT2D eigenvalue weighted by Gasteiger charge is 2.42. The van der Waals surface area contributed by atoms with Gasteiger partial charge in [0.1, 0.15) is 5.82 Å². The van der Waals surface area contributed by atoms with E-state index in [9.17, 15) is 9.59 Å². The zero-order valence-electron chi connectivity index (χ0n) is 15.2. The quantitative estimate of drug-likeness (QED) is 0.738. The summed E-state index contributed by atoms with van der Waals surface area (Å²) < 4.78 is 0.